The second-order valence-electron chi connectivity index (χ2n) is 5.82. The topological polar surface area (TPSA) is 32.7 Å². The van der Waals surface area contributed by atoms with Gasteiger partial charge in [0.2, 0.25) is 0 Å². The first-order chi connectivity index (χ1) is 9.70. The summed E-state index contributed by atoms with van der Waals surface area (Å²) in [7, 11) is 0. The number of aliphatic hydroxyl groups is 1. The number of hydrogen-bond donors (Lipinski definition) is 1. The maximum absolute atomic E-state index is 9.00. The Bertz CT molecular complexity index is 415. The lowest BCUT2D eigenvalue weighted by atomic mass is 9.91. The zero-order valence-electron chi connectivity index (χ0n) is 12.8. The summed E-state index contributed by atoms with van der Waals surface area (Å²) >= 11 is 0. The Morgan fingerprint density at radius 3 is 2.70 bits per heavy atom. The van der Waals surface area contributed by atoms with Crippen LogP contribution in [0.4, 0.5) is 0 Å². The molecule has 1 fully saturated rings. The number of aliphatic hydroxyl groups excluding tert-OH is 1. The van der Waals surface area contributed by atoms with E-state index in [2.05, 4.69) is 36.9 Å². The van der Waals surface area contributed by atoms with Crippen LogP contribution in [-0.2, 0) is 0 Å². The van der Waals surface area contributed by atoms with Crippen molar-refractivity contribution in [2.45, 2.75) is 45.6 Å². The van der Waals surface area contributed by atoms with Crippen molar-refractivity contribution in [3.63, 3.8) is 0 Å². The van der Waals surface area contributed by atoms with Gasteiger partial charge in [0.1, 0.15) is 12.4 Å². The van der Waals surface area contributed by atoms with E-state index in [9.17, 15) is 0 Å². The largest absolute Gasteiger partial charge is 0.492 e. The average molecular weight is 277 g/mol. The summed E-state index contributed by atoms with van der Waals surface area (Å²) in [5.74, 6) is 1.00. The number of benzene rings is 1. The Labute approximate surface area is 122 Å². The monoisotopic (exact) mass is 277 g/mol. The van der Waals surface area contributed by atoms with Gasteiger partial charge in [-0.25, -0.2) is 0 Å². The number of hydrogen-bond acceptors (Lipinski definition) is 3. The molecule has 1 aliphatic carbocycles. The third-order valence-electron chi connectivity index (χ3n) is 4.17. The fourth-order valence-electron chi connectivity index (χ4n) is 2.64. The smallest absolute Gasteiger partial charge is 0.122 e. The molecule has 0 amide bonds. The first-order valence-electron chi connectivity index (χ1n) is 7.75. The predicted octanol–water partition coefficient (Wildman–Crippen LogP) is 2.92. The Morgan fingerprint density at radius 2 is 2.05 bits per heavy atom. The van der Waals surface area contributed by atoms with Crippen molar-refractivity contribution in [1.29, 1.82) is 0 Å². The van der Waals surface area contributed by atoms with Crippen molar-refractivity contribution in [1.82, 2.24) is 4.90 Å². The van der Waals surface area contributed by atoms with Crippen LogP contribution >= 0.6 is 0 Å². The summed E-state index contributed by atoms with van der Waals surface area (Å²) in [6, 6.07) is 7.05. The van der Waals surface area contributed by atoms with Gasteiger partial charge in [-0.05, 0) is 50.3 Å². The van der Waals surface area contributed by atoms with Gasteiger partial charge in [-0.2, -0.15) is 0 Å². The first kappa shape index (κ1) is 15.3. The van der Waals surface area contributed by atoms with Gasteiger partial charge in [0.15, 0.2) is 0 Å². The van der Waals surface area contributed by atoms with Crippen LogP contribution < -0.4 is 4.74 Å². The van der Waals surface area contributed by atoms with Crippen molar-refractivity contribution in [2.75, 3.05) is 26.3 Å². The Morgan fingerprint density at radius 1 is 1.25 bits per heavy atom. The Balaban J connectivity index is 1.81. The van der Waals surface area contributed by atoms with Gasteiger partial charge in [0, 0.05) is 25.7 Å². The minimum atomic E-state index is 0.279. The van der Waals surface area contributed by atoms with E-state index < -0.39 is 0 Å². The van der Waals surface area contributed by atoms with Gasteiger partial charge in [-0.15, -0.1) is 0 Å². The molecule has 0 atom stereocenters. The number of aryl methyl sites for hydroxylation is 2. The van der Waals surface area contributed by atoms with Crippen LogP contribution in [0.15, 0.2) is 18.2 Å². The van der Waals surface area contributed by atoms with Crippen LogP contribution in [0.3, 0.4) is 0 Å². The standard InChI is InChI=1S/C17H27NO2/c1-14-7-8-15(2)17(13-14)20-12-10-18(9-4-11-19)16-5-3-6-16/h7-8,13,16,19H,3-6,9-12H2,1-2H3. The molecule has 2 rings (SSSR count). The molecule has 0 saturated heterocycles. The number of rotatable bonds is 8. The van der Waals surface area contributed by atoms with E-state index in [1.54, 1.807) is 0 Å². The molecule has 1 aromatic rings. The Kier molecular flexibility index (Phi) is 5.86. The first-order valence-corrected chi connectivity index (χ1v) is 7.75. The second-order valence-corrected chi connectivity index (χ2v) is 5.82. The number of ether oxygens (including phenoxy) is 1. The molecule has 1 aliphatic rings. The molecule has 0 bridgehead atoms. The molecule has 0 radical (unpaired) electrons. The zero-order chi connectivity index (χ0) is 14.4. The molecular weight excluding hydrogens is 250 g/mol. The van der Waals surface area contributed by atoms with E-state index >= 15 is 0 Å². The van der Waals surface area contributed by atoms with Gasteiger partial charge < -0.3 is 9.84 Å². The van der Waals surface area contributed by atoms with Crippen molar-refractivity contribution in [3.8, 4) is 5.75 Å². The fourth-order valence-corrected chi connectivity index (χ4v) is 2.64. The minimum absolute atomic E-state index is 0.279. The average Bonchev–Trinajstić information content (AvgIpc) is 2.37. The van der Waals surface area contributed by atoms with E-state index in [0.717, 1.165) is 31.9 Å². The molecule has 0 aromatic heterocycles. The van der Waals surface area contributed by atoms with Crippen molar-refractivity contribution in [2.24, 2.45) is 0 Å². The summed E-state index contributed by atoms with van der Waals surface area (Å²) in [5, 5.41) is 9.00. The molecule has 1 N–H and O–H groups in total. The summed E-state index contributed by atoms with van der Waals surface area (Å²) in [6.07, 6.45) is 4.81. The SMILES string of the molecule is Cc1ccc(C)c(OCCN(CCCO)C2CCC2)c1. The van der Waals surface area contributed by atoms with Crippen molar-refractivity contribution in [3.05, 3.63) is 29.3 Å². The highest BCUT2D eigenvalue weighted by atomic mass is 16.5. The lowest BCUT2D eigenvalue weighted by molar-refractivity contribution is 0.0983. The van der Waals surface area contributed by atoms with Crippen LogP contribution in [0.25, 0.3) is 0 Å². The lowest BCUT2D eigenvalue weighted by Crippen LogP contribution is -2.43. The molecule has 3 nitrogen and oxygen atoms in total. The summed E-state index contributed by atoms with van der Waals surface area (Å²) in [6.45, 7) is 7.13. The van der Waals surface area contributed by atoms with E-state index in [4.69, 9.17) is 9.84 Å². The van der Waals surface area contributed by atoms with Crippen LogP contribution in [0.1, 0.15) is 36.8 Å². The van der Waals surface area contributed by atoms with Crippen molar-refractivity contribution < 1.29 is 9.84 Å². The zero-order valence-corrected chi connectivity index (χ0v) is 12.8. The van der Waals surface area contributed by atoms with E-state index in [1.807, 2.05) is 0 Å². The fraction of sp³-hybridized carbons (Fsp3) is 0.647. The molecular formula is C17H27NO2. The molecule has 0 aliphatic heterocycles. The molecule has 1 saturated carbocycles. The van der Waals surface area contributed by atoms with Crippen molar-refractivity contribution >= 4 is 0 Å². The third-order valence-corrected chi connectivity index (χ3v) is 4.17. The van der Waals surface area contributed by atoms with Crippen LogP contribution in [0.5, 0.6) is 5.75 Å². The van der Waals surface area contributed by atoms with E-state index in [1.165, 1.54) is 30.4 Å². The van der Waals surface area contributed by atoms with Gasteiger partial charge >= 0.3 is 0 Å². The molecule has 112 valence electrons. The quantitative estimate of drug-likeness (QED) is 0.793. The molecule has 1 aromatic carbocycles. The van der Waals surface area contributed by atoms with E-state index in [-0.39, 0.29) is 6.61 Å². The van der Waals surface area contributed by atoms with Crippen LogP contribution in [-0.4, -0.2) is 42.4 Å². The van der Waals surface area contributed by atoms with Gasteiger partial charge in [-0.3, -0.25) is 4.90 Å². The number of nitrogens with zero attached hydrogens (tertiary/aromatic N) is 1. The lowest BCUT2D eigenvalue weighted by Gasteiger charge is -2.37. The second kappa shape index (κ2) is 7.65. The van der Waals surface area contributed by atoms with Gasteiger partial charge in [0.25, 0.3) is 0 Å². The minimum Gasteiger partial charge on any atom is -0.492 e. The van der Waals surface area contributed by atoms with Crippen LogP contribution in [0.2, 0.25) is 0 Å². The molecule has 0 spiro atoms. The molecule has 0 heterocycles. The maximum atomic E-state index is 9.00. The highest BCUT2D eigenvalue weighted by Gasteiger charge is 2.24. The maximum Gasteiger partial charge on any atom is 0.122 e. The van der Waals surface area contributed by atoms with Crippen LogP contribution in [0, 0.1) is 13.8 Å². The van der Waals surface area contributed by atoms with Gasteiger partial charge in [0.05, 0.1) is 0 Å². The normalized spacial score (nSPS) is 15.4. The molecule has 0 unspecified atom stereocenters. The summed E-state index contributed by atoms with van der Waals surface area (Å²) < 4.78 is 5.94. The van der Waals surface area contributed by atoms with Gasteiger partial charge in [-0.1, -0.05) is 18.6 Å². The predicted molar refractivity (Wildman–Crippen MR) is 82.3 cm³/mol. The molecule has 20 heavy (non-hydrogen) atoms. The summed E-state index contributed by atoms with van der Waals surface area (Å²) in [4.78, 5) is 2.48. The summed E-state index contributed by atoms with van der Waals surface area (Å²) in [5.41, 5.74) is 2.43. The highest BCUT2D eigenvalue weighted by Crippen LogP contribution is 2.25. The third kappa shape index (κ3) is 4.22. The molecule has 3 heteroatoms. The Hall–Kier alpha value is -1.06. The highest BCUT2D eigenvalue weighted by molar-refractivity contribution is 5.35. The van der Waals surface area contributed by atoms with E-state index in [0.29, 0.717) is 6.04 Å².